The van der Waals surface area contributed by atoms with E-state index in [0.29, 0.717) is 12.3 Å². The molecule has 0 saturated carbocycles. The van der Waals surface area contributed by atoms with Gasteiger partial charge in [-0.05, 0) is 42.3 Å². The molecule has 0 unspecified atom stereocenters. The van der Waals surface area contributed by atoms with Crippen molar-refractivity contribution in [1.29, 1.82) is 0 Å². The van der Waals surface area contributed by atoms with Gasteiger partial charge in [0.25, 0.3) is 5.91 Å². The molecule has 0 bridgehead atoms. The first-order valence-corrected chi connectivity index (χ1v) is 6.93. The van der Waals surface area contributed by atoms with Crippen LogP contribution in [-0.4, -0.2) is 12.5 Å². The van der Waals surface area contributed by atoms with Crippen LogP contribution >= 0.6 is 11.6 Å². The third kappa shape index (κ3) is 4.39. The van der Waals surface area contributed by atoms with Crippen molar-refractivity contribution >= 4 is 23.2 Å². The van der Waals surface area contributed by atoms with Crippen LogP contribution in [0.25, 0.3) is 0 Å². The number of primary amides is 1. The third-order valence-corrected chi connectivity index (χ3v) is 3.46. The van der Waals surface area contributed by atoms with Crippen molar-refractivity contribution in [3.8, 4) is 5.75 Å². The summed E-state index contributed by atoms with van der Waals surface area (Å²) in [6, 6.07) is 13.3. The molecule has 2 aromatic carbocycles. The zero-order chi connectivity index (χ0) is 15.2. The predicted octanol–water partition coefficient (Wildman–Crippen LogP) is 3.12. The van der Waals surface area contributed by atoms with Crippen molar-refractivity contribution in [3.63, 3.8) is 0 Å². The van der Waals surface area contributed by atoms with Crippen LogP contribution in [0.15, 0.2) is 42.5 Å². The van der Waals surface area contributed by atoms with Gasteiger partial charge in [-0.25, -0.2) is 0 Å². The van der Waals surface area contributed by atoms with E-state index < -0.39 is 5.91 Å². The van der Waals surface area contributed by atoms with Crippen LogP contribution in [0.4, 0.5) is 5.69 Å². The van der Waals surface area contributed by atoms with Crippen molar-refractivity contribution in [2.75, 3.05) is 11.9 Å². The lowest BCUT2D eigenvalue weighted by Gasteiger charge is -2.11. The number of hydrogen-bond donors (Lipinski definition) is 2. The first-order valence-electron chi connectivity index (χ1n) is 6.55. The van der Waals surface area contributed by atoms with Crippen molar-refractivity contribution in [1.82, 2.24) is 0 Å². The van der Waals surface area contributed by atoms with Crippen LogP contribution in [-0.2, 0) is 11.3 Å². The highest BCUT2D eigenvalue weighted by molar-refractivity contribution is 6.31. The first kappa shape index (κ1) is 15.2. The molecular formula is C16H17ClN2O2. The number of ether oxygens (including phenoxy) is 1. The maximum atomic E-state index is 10.6. The van der Waals surface area contributed by atoms with Crippen LogP contribution in [0.5, 0.6) is 5.75 Å². The van der Waals surface area contributed by atoms with Gasteiger partial charge in [-0.2, -0.15) is 0 Å². The van der Waals surface area contributed by atoms with Gasteiger partial charge < -0.3 is 15.8 Å². The van der Waals surface area contributed by atoms with E-state index in [0.717, 1.165) is 21.8 Å². The van der Waals surface area contributed by atoms with Crippen molar-refractivity contribution in [3.05, 3.63) is 58.6 Å². The van der Waals surface area contributed by atoms with E-state index in [1.54, 1.807) is 0 Å². The molecule has 0 aromatic heterocycles. The number of nitrogens with two attached hydrogens (primary N) is 1. The van der Waals surface area contributed by atoms with Gasteiger partial charge in [0.05, 0.1) is 0 Å². The number of benzene rings is 2. The molecule has 3 N–H and O–H groups in total. The number of anilines is 1. The average Bonchev–Trinajstić information content (AvgIpc) is 2.48. The van der Waals surface area contributed by atoms with Gasteiger partial charge in [0.15, 0.2) is 6.61 Å². The summed E-state index contributed by atoms with van der Waals surface area (Å²) in [6.45, 7) is 2.54. The highest BCUT2D eigenvalue weighted by Gasteiger charge is 2.02. The normalized spacial score (nSPS) is 10.2. The topological polar surface area (TPSA) is 64.3 Å². The largest absolute Gasteiger partial charge is 0.484 e. The van der Waals surface area contributed by atoms with Crippen molar-refractivity contribution in [2.24, 2.45) is 5.73 Å². The summed E-state index contributed by atoms with van der Waals surface area (Å²) < 4.78 is 5.21. The molecule has 1 amide bonds. The van der Waals surface area contributed by atoms with E-state index in [4.69, 9.17) is 22.1 Å². The standard InChI is InChI=1S/C16H17ClN2O2/c1-11-14(17)3-2-4-15(11)19-9-12-5-7-13(8-6-12)21-10-16(18)20/h2-8,19H,9-10H2,1H3,(H2,18,20). The Hall–Kier alpha value is -2.20. The maximum Gasteiger partial charge on any atom is 0.255 e. The van der Waals surface area contributed by atoms with Gasteiger partial charge in [-0.1, -0.05) is 29.8 Å². The Balaban J connectivity index is 1.94. The summed E-state index contributed by atoms with van der Waals surface area (Å²) in [7, 11) is 0. The van der Waals surface area contributed by atoms with Gasteiger partial charge >= 0.3 is 0 Å². The Kier molecular flexibility index (Phi) is 5.06. The number of rotatable bonds is 6. The van der Waals surface area contributed by atoms with E-state index >= 15 is 0 Å². The van der Waals surface area contributed by atoms with E-state index in [1.807, 2.05) is 49.4 Å². The molecule has 0 heterocycles. The molecule has 0 atom stereocenters. The van der Waals surface area contributed by atoms with Crippen molar-refractivity contribution < 1.29 is 9.53 Å². The summed E-state index contributed by atoms with van der Waals surface area (Å²) in [5.41, 5.74) is 8.16. The number of carbonyl (C=O) groups excluding carboxylic acids is 1. The summed E-state index contributed by atoms with van der Waals surface area (Å²) in [6.07, 6.45) is 0. The highest BCUT2D eigenvalue weighted by Crippen LogP contribution is 2.23. The molecule has 0 fully saturated rings. The third-order valence-electron chi connectivity index (χ3n) is 3.06. The average molecular weight is 305 g/mol. The van der Waals surface area contributed by atoms with Gasteiger partial charge in [0, 0.05) is 17.3 Å². The van der Waals surface area contributed by atoms with Crippen LogP contribution in [0.1, 0.15) is 11.1 Å². The minimum Gasteiger partial charge on any atom is -0.484 e. The molecule has 5 heteroatoms. The van der Waals surface area contributed by atoms with Gasteiger partial charge in [0.2, 0.25) is 0 Å². The fraction of sp³-hybridized carbons (Fsp3) is 0.188. The zero-order valence-electron chi connectivity index (χ0n) is 11.7. The van der Waals surface area contributed by atoms with Crippen molar-refractivity contribution in [2.45, 2.75) is 13.5 Å². The second-order valence-electron chi connectivity index (χ2n) is 4.66. The molecular weight excluding hydrogens is 288 g/mol. The molecule has 21 heavy (non-hydrogen) atoms. The molecule has 4 nitrogen and oxygen atoms in total. The van der Waals surface area contributed by atoms with Gasteiger partial charge in [-0.3, -0.25) is 4.79 Å². The predicted molar refractivity (Wildman–Crippen MR) is 84.6 cm³/mol. The van der Waals surface area contributed by atoms with Gasteiger partial charge in [-0.15, -0.1) is 0 Å². The number of halogens is 1. The number of nitrogens with one attached hydrogen (secondary N) is 1. The highest BCUT2D eigenvalue weighted by atomic mass is 35.5. The second kappa shape index (κ2) is 6.99. The minimum absolute atomic E-state index is 0.112. The van der Waals surface area contributed by atoms with E-state index in [2.05, 4.69) is 5.32 Å². The Morgan fingerprint density at radius 1 is 1.24 bits per heavy atom. The Morgan fingerprint density at radius 2 is 1.95 bits per heavy atom. The SMILES string of the molecule is Cc1c(Cl)cccc1NCc1ccc(OCC(N)=O)cc1. The summed E-state index contributed by atoms with van der Waals surface area (Å²) in [5.74, 6) is 0.133. The van der Waals surface area contributed by atoms with E-state index in [1.165, 1.54) is 0 Å². The Labute approximate surface area is 128 Å². The van der Waals surface area contributed by atoms with Gasteiger partial charge in [0.1, 0.15) is 5.75 Å². The maximum absolute atomic E-state index is 10.6. The lowest BCUT2D eigenvalue weighted by Crippen LogP contribution is -2.19. The van der Waals surface area contributed by atoms with Crippen LogP contribution in [0, 0.1) is 6.92 Å². The second-order valence-corrected chi connectivity index (χ2v) is 5.07. The summed E-state index contributed by atoms with van der Waals surface area (Å²) >= 11 is 6.08. The Bertz CT molecular complexity index is 627. The first-order chi connectivity index (χ1) is 10.1. The molecule has 0 radical (unpaired) electrons. The number of carbonyl (C=O) groups is 1. The Morgan fingerprint density at radius 3 is 2.62 bits per heavy atom. The van der Waals surface area contributed by atoms with E-state index in [-0.39, 0.29) is 6.61 Å². The lowest BCUT2D eigenvalue weighted by atomic mass is 10.1. The van der Waals surface area contributed by atoms with E-state index in [9.17, 15) is 4.79 Å². The fourth-order valence-corrected chi connectivity index (χ4v) is 2.03. The number of amides is 1. The lowest BCUT2D eigenvalue weighted by molar-refractivity contribution is -0.119. The summed E-state index contributed by atoms with van der Waals surface area (Å²) in [4.78, 5) is 10.6. The quantitative estimate of drug-likeness (QED) is 0.862. The monoisotopic (exact) mass is 304 g/mol. The molecule has 0 saturated heterocycles. The molecule has 2 rings (SSSR count). The van der Waals surface area contributed by atoms with Crippen LogP contribution in [0.3, 0.4) is 0 Å². The molecule has 0 aliphatic carbocycles. The smallest absolute Gasteiger partial charge is 0.255 e. The molecule has 110 valence electrons. The molecule has 0 spiro atoms. The summed E-state index contributed by atoms with van der Waals surface area (Å²) in [5, 5.41) is 4.09. The molecule has 2 aromatic rings. The van der Waals surface area contributed by atoms with Crippen LogP contribution in [0.2, 0.25) is 5.02 Å². The zero-order valence-corrected chi connectivity index (χ0v) is 12.5. The fourth-order valence-electron chi connectivity index (χ4n) is 1.85. The number of hydrogen-bond acceptors (Lipinski definition) is 3. The molecule has 0 aliphatic rings. The van der Waals surface area contributed by atoms with Crippen LogP contribution < -0.4 is 15.8 Å². The molecule has 0 aliphatic heterocycles. The minimum atomic E-state index is -0.489.